The van der Waals surface area contributed by atoms with Crippen molar-refractivity contribution in [2.45, 2.75) is 85.2 Å². The molecule has 3 atom stereocenters. The van der Waals surface area contributed by atoms with Crippen LogP contribution in [-0.4, -0.2) is 57.3 Å². The molecule has 3 N–H and O–H groups in total. The molecule has 1 fully saturated rings. The number of nitrogens with one attached hydrogen (secondary N) is 2. The van der Waals surface area contributed by atoms with Crippen LogP contribution in [0.1, 0.15) is 85.6 Å². The van der Waals surface area contributed by atoms with Gasteiger partial charge in [-0.15, -0.1) is 0 Å². The number of allylic oxidation sites excluding steroid dienone is 3. The van der Waals surface area contributed by atoms with Crippen LogP contribution < -0.4 is 10.9 Å². The smallest absolute Gasteiger partial charge is 0.267 e. The van der Waals surface area contributed by atoms with Crippen molar-refractivity contribution in [2.24, 2.45) is 10.8 Å². The van der Waals surface area contributed by atoms with Gasteiger partial charge in [-0.05, 0) is 92.8 Å². The van der Waals surface area contributed by atoms with Crippen LogP contribution in [0.25, 0.3) is 0 Å². The number of carbonyl (C=O) groups is 2. The number of hydrogen-bond donors (Lipinski definition) is 3. The van der Waals surface area contributed by atoms with E-state index in [-0.39, 0.29) is 53.9 Å². The number of aromatic nitrogens is 2. The molecule has 9 heteroatoms. The largest absolute Gasteiger partial charge is 0.396 e. The Kier molecular flexibility index (Phi) is 9.50. The van der Waals surface area contributed by atoms with Gasteiger partial charge < -0.3 is 15.3 Å². The number of amides is 2. The summed E-state index contributed by atoms with van der Waals surface area (Å²) in [6.07, 6.45) is 8.85. The fourth-order valence-electron chi connectivity index (χ4n) is 6.64. The Bertz CT molecular complexity index is 1450. The Morgan fingerprint density at radius 2 is 1.98 bits per heavy atom. The second-order valence-corrected chi connectivity index (χ2v) is 12.7. The Labute approximate surface area is 247 Å². The molecule has 0 bridgehead atoms. The number of hydrogen-bond acceptors (Lipinski definition) is 5. The van der Waals surface area contributed by atoms with E-state index in [1.165, 1.54) is 6.08 Å². The fraction of sp³-hybridized carbons (Fsp3) is 0.515. The Morgan fingerprint density at radius 1 is 1.21 bits per heavy atom. The molecule has 1 aliphatic carbocycles. The maximum Gasteiger partial charge on any atom is 0.267 e. The number of H-pyrrole nitrogens is 1. The van der Waals surface area contributed by atoms with E-state index < -0.39 is 5.41 Å². The molecule has 2 heterocycles. The Morgan fingerprint density at radius 3 is 2.67 bits per heavy atom. The number of carbonyl (C=O) groups excluding carboxylic acids is 2. The first kappa shape index (κ1) is 31.3. The first-order valence-electron chi connectivity index (χ1n) is 14.7. The van der Waals surface area contributed by atoms with Crippen molar-refractivity contribution in [3.63, 3.8) is 0 Å². The molecule has 1 aliphatic heterocycles. The van der Waals surface area contributed by atoms with Gasteiger partial charge >= 0.3 is 0 Å². The third-order valence-corrected chi connectivity index (χ3v) is 9.01. The summed E-state index contributed by atoms with van der Waals surface area (Å²) in [4.78, 5) is 41.1. The maximum atomic E-state index is 14.4. The van der Waals surface area contributed by atoms with Crippen LogP contribution in [0.4, 0.5) is 4.39 Å². The first-order valence-corrected chi connectivity index (χ1v) is 14.7. The predicted molar refractivity (Wildman–Crippen MR) is 161 cm³/mol. The van der Waals surface area contributed by atoms with E-state index in [4.69, 9.17) is 0 Å². The highest BCUT2D eigenvalue weighted by molar-refractivity contribution is 5.96. The summed E-state index contributed by atoms with van der Waals surface area (Å²) in [5.74, 6) is -0.853. The number of aliphatic hydroxyl groups is 1. The Balaban J connectivity index is 1.50. The van der Waals surface area contributed by atoms with Crippen molar-refractivity contribution in [1.82, 2.24) is 20.4 Å². The predicted octanol–water partition coefficient (Wildman–Crippen LogP) is 4.69. The molecule has 1 saturated heterocycles. The molecule has 8 nitrogen and oxygen atoms in total. The van der Waals surface area contributed by atoms with Crippen molar-refractivity contribution < 1.29 is 19.1 Å². The van der Waals surface area contributed by atoms with Crippen molar-refractivity contribution in [3.8, 4) is 0 Å². The zero-order valence-corrected chi connectivity index (χ0v) is 25.3. The summed E-state index contributed by atoms with van der Waals surface area (Å²) in [5.41, 5.74) is 2.47. The lowest BCUT2D eigenvalue weighted by Gasteiger charge is -2.45. The summed E-state index contributed by atoms with van der Waals surface area (Å²) in [5, 5.41) is 18.7. The molecule has 0 saturated carbocycles. The monoisotopic (exact) mass is 578 g/mol. The van der Waals surface area contributed by atoms with Crippen molar-refractivity contribution in [1.29, 1.82) is 0 Å². The molecule has 2 aliphatic rings. The van der Waals surface area contributed by atoms with E-state index >= 15 is 0 Å². The van der Waals surface area contributed by atoms with Gasteiger partial charge in [-0.3, -0.25) is 14.4 Å². The van der Waals surface area contributed by atoms with Crippen LogP contribution in [0.5, 0.6) is 0 Å². The van der Waals surface area contributed by atoms with Gasteiger partial charge in [-0.1, -0.05) is 32.9 Å². The molecular formula is C33H43FN4O4. The van der Waals surface area contributed by atoms with E-state index in [0.29, 0.717) is 30.4 Å². The standard InChI is InChI=1S/C33H43FN4O4/c1-21-16-24(10-9-23(21)18-25-17-22(2)36-37-31(25)42)30(41)35-20-29(40)38-27(32(3,4)13-7-15-39)11-12-28(38)33(5)14-6-8-26(34)19-33/h6,8-10,16-17,19,27-28,39H,7,11-15,18,20H2,1-5H3,(H,35,41)(H,37,42)/t27-,28+,33?/m1/s1. The molecule has 2 aromatic rings. The number of aromatic amines is 1. The highest BCUT2D eigenvalue weighted by Crippen LogP contribution is 2.47. The van der Waals surface area contributed by atoms with Gasteiger partial charge in [0.05, 0.1) is 12.2 Å². The number of aliphatic hydroxyl groups excluding tert-OH is 1. The first-order chi connectivity index (χ1) is 19.8. The van der Waals surface area contributed by atoms with Gasteiger partial charge in [0.15, 0.2) is 0 Å². The molecule has 4 rings (SSSR count). The van der Waals surface area contributed by atoms with Gasteiger partial charge in [0.25, 0.3) is 11.5 Å². The lowest BCUT2D eigenvalue weighted by Crippen LogP contribution is -2.54. The van der Waals surface area contributed by atoms with Crippen LogP contribution in [0.15, 0.2) is 53.1 Å². The summed E-state index contributed by atoms with van der Waals surface area (Å²) < 4.78 is 14.4. The molecule has 1 aromatic carbocycles. The molecular weight excluding hydrogens is 535 g/mol. The summed E-state index contributed by atoms with van der Waals surface area (Å²) >= 11 is 0. The second-order valence-electron chi connectivity index (χ2n) is 12.7. The SMILES string of the molecule is Cc1cc(Cc2ccc(C(=O)NCC(=O)N3[C@H](C4(C)C=C(F)C=CC4)CC[C@@H]3C(C)(C)CCCO)cc2C)c(=O)[nH]n1. The second kappa shape index (κ2) is 12.7. The van der Waals surface area contributed by atoms with Gasteiger partial charge in [-0.2, -0.15) is 5.10 Å². The Hall–Kier alpha value is -3.59. The normalized spacial score (nSPS) is 22.3. The van der Waals surface area contributed by atoms with Crippen LogP contribution in [-0.2, 0) is 11.2 Å². The lowest BCUT2D eigenvalue weighted by molar-refractivity contribution is -0.137. The molecule has 0 spiro atoms. The zero-order valence-electron chi connectivity index (χ0n) is 25.3. The molecule has 1 unspecified atom stereocenters. The minimum atomic E-state index is -0.553. The number of aryl methyl sites for hydroxylation is 2. The number of rotatable bonds is 10. The average Bonchev–Trinajstić information content (AvgIpc) is 3.41. The number of nitrogens with zero attached hydrogens (tertiary/aromatic N) is 2. The summed E-state index contributed by atoms with van der Waals surface area (Å²) in [6.45, 7) is 9.82. The van der Waals surface area contributed by atoms with E-state index in [1.807, 2.05) is 37.8 Å². The van der Waals surface area contributed by atoms with Crippen LogP contribution in [0, 0.1) is 24.7 Å². The van der Waals surface area contributed by atoms with Gasteiger partial charge in [0.1, 0.15) is 5.83 Å². The lowest BCUT2D eigenvalue weighted by atomic mass is 9.75. The molecule has 226 valence electrons. The highest BCUT2D eigenvalue weighted by Gasteiger charge is 2.50. The van der Waals surface area contributed by atoms with Crippen molar-refractivity contribution in [3.05, 3.63) is 86.6 Å². The minimum absolute atomic E-state index is 0.0803. The number of likely N-dealkylation sites (tertiary alicyclic amines) is 1. The van der Waals surface area contributed by atoms with Crippen LogP contribution >= 0.6 is 0 Å². The third-order valence-electron chi connectivity index (χ3n) is 9.01. The van der Waals surface area contributed by atoms with Crippen molar-refractivity contribution >= 4 is 11.8 Å². The van der Waals surface area contributed by atoms with Crippen LogP contribution in [0.3, 0.4) is 0 Å². The molecule has 2 amide bonds. The minimum Gasteiger partial charge on any atom is -0.396 e. The van der Waals surface area contributed by atoms with Crippen molar-refractivity contribution in [2.75, 3.05) is 13.2 Å². The third kappa shape index (κ3) is 6.89. The highest BCUT2D eigenvalue weighted by atomic mass is 19.1. The van der Waals surface area contributed by atoms with Gasteiger partial charge in [0.2, 0.25) is 5.91 Å². The average molecular weight is 579 g/mol. The topological polar surface area (TPSA) is 115 Å². The van der Waals surface area contributed by atoms with Crippen LogP contribution in [0.2, 0.25) is 0 Å². The van der Waals surface area contributed by atoms with Gasteiger partial charge in [0, 0.05) is 41.7 Å². The molecule has 42 heavy (non-hydrogen) atoms. The summed E-state index contributed by atoms with van der Waals surface area (Å²) in [6, 6.07) is 6.74. The number of halogens is 1. The molecule has 1 aromatic heterocycles. The van der Waals surface area contributed by atoms with Gasteiger partial charge in [-0.25, -0.2) is 9.49 Å². The van der Waals surface area contributed by atoms with E-state index in [9.17, 15) is 23.9 Å². The zero-order chi connectivity index (χ0) is 30.7. The van der Waals surface area contributed by atoms with E-state index in [0.717, 1.165) is 36.1 Å². The maximum absolute atomic E-state index is 14.4. The molecule has 0 radical (unpaired) electrons. The number of benzene rings is 1. The summed E-state index contributed by atoms with van der Waals surface area (Å²) in [7, 11) is 0. The quantitative estimate of drug-likeness (QED) is 0.379. The fourth-order valence-corrected chi connectivity index (χ4v) is 6.64. The van der Waals surface area contributed by atoms with E-state index in [1.54, 1.807) is 24.3 Å². The van der Waals surface area contributed by atoms with E-state index in [2.05, 4.69) is 29.4 Å².